The molecule has 0 saturated carbocycles. The molecular weight excluding hydrogens is 248 g/mol. The summed E-state index contributed by atoms with van der Waals surface area (Å²) < 4.78 is 0. The quantitative estimate of drug-likeness (QED) is 0.649. The minimum atomic E-state index is -0.700. The molecule has 0 saturated heterocycles. The van der Waals surface area contributed by atoms with Gasteiger partial charge in [0, 0.05) is 17.7 Å². The Hall–Kier alpha value is -2.11. The Morgan fingerprint density at radius 2 is 2.00 bits per heavy atom. The number of nitrogens with zero attached hydrogens (tertiary/aromatic N) is 1. The molecule has 1 aromatic carbocycles. The van der Waals surface area contributed by atoms with E-state index in [1.165, 1.54) is 6.07 Å². The predicted octanol–water partition coefficient (Wildman–Crippen LogP) is 2.46. The normalized spacial score (nSPS) is 12.8. The van der Waals surface area contributed by atoms with E-state index in [9.17, 15) is 20.0 Å². The summed E-state index contributed by atoms with van der Waals surface area (Å²) in [6, 6.07) is 3.47. The number of phenols is 1. The topological polar surface area (TPSA) is 92.5 Å². The van der Waals surface area contributed by atoms with E-state index < -0.39 is 16.4 Å². The molecule has 1 unspecified atom stereocenters. The molecule has 6 nitrogen and oxygen atoms in total. The number of aromatic hydroxyl groups is 1. The minimum Gasteiger partial charge on any atom is -0.502 e. The number of hydrogen-bond acceptors (Lipinski definition) is 4. The summed E-state index contributed by atoms with van der Waals surface area (Å²) in [6.45, 7) is 7.85. The molecule has 1 amide bonds. The van der Waals surface area contributed by atoms with Crippen LogP contribution in [0.5, 0.6) is 5.75 Å². The van der Waals surface area contributed by atoms with Crippen LogP contribution in [0.3, 0.4) is 0 Å². The highest BCUT2D eigenvalue weighted by atomic mass is 16.6. The average Bonchev–Trinajstić information content (AvgIpc) is 2.26. The lowest BCUT2D eigenvalue weighted by Crippen LogP contribution is -2.41. The fraction of sp³-hybridized carbons (Fsp3) is 0.462. The van der Waals surface area contributed by atoms with Crippen molar-refractivity contribution in [3.05, 3.63) is 33.9 Å². The van der Waals surface area contributed by atoms with Crippen LogP contribution in [0, 0.1) is 15.5 Å². The third kappa shape index (κ3) is 3.67. The number of carbonyl (C=O) groups excluding carboxylic acids is 1. The molecule has 0 aliphatic rings. The molecule has 1 aromatic rings. The van der Waals surface area contributed by atoms with Crippen LogP contribution in [0.15, 0.2) is 18.2 Å². The van der Waals surface area contributed by atoms with E-state index in [-0.39, 0.29) is 22.9 Å². The van der Waals surface area contributed by atoms with Crippen LogP contribution in [0.1, 0.15) is 38.1 Å². The lowest BCUT2D eigenvalue weighted by Gasteiger charge is -2.28. The lowest BCUT2D eigenvalue weighted by molar-refractivity contribution is -0.385. The van der Waals surface area contributed by atoms with Gasteiger partial charge < -0.3 is 10.4 Å². The number of nitro benzene ring substituents is 1. The zero-order chi connectivity index (χ0) is 14.8. The van der Waals surface area contributed by atoms with Crippen molar-refractivity contribution < 1.29 is 14.8 Å². The second-order valence-electron chi connectivity index (χ2n) is 5.52. The summed E-state index contributed by atoms with van der Waals surface area (Å²) in [7, 11) is 0. The number of nitrogens with one attached hydrogen (secondary N) is 1. The van der Waals surface area contributed by atoms with Crippen molar-refractivity contribution in [3.8, 4) is 5.75 Å². The zero-order valence-corrected chi connectivity index (χ0v) is 11.4. The van der Waals surface area contributed by atoms with Crippen molar-refractivity contribution in [3.63, 3.8) is 0 Å². The Morgan fingerprint density at radius 3 is 2.42 bits per heavy atom. The maximum absolute atomic E-state index is 11.9. The molecule has 0 aliphatic carbocycles. The molecule has 0 aromatic heterocycles. The molecule has 0 heterocycles. The molecule has 1 atom stereocenters. The van der Waals surface area contributed by atoms with Gasteiger partial charge in [-0.05, 0) is 24.5 Å². The van der Waals surface area contributed by atoms with Gasteiger partial charge in [0.25, 0.3) is 5.91 Å². The van der Waals surface area contributed by atoms with E-state index in [1.54, 1.807) is 0 Å². The third-order valence-corrected chi connectivity index (χ3v) is 3.08. The van der Waals surface area contributed by atoms with Crippen LogP contribution < -0.4 is 5.32 Å². The van der Waals surface area contributed by atoms with Crippen molar-refractivity contribution in [1.82, 2.24) is 5.32 Å². The molecule has 1 rings (SSSR count). The summed E-state index contributed by atoms with van der Waals surface area (Å²) >= 11 is 0. The van der Waals surface area contributed by atoms with Crippen molar-refractivity contribution in [2.45, 2.75) is 33.7 Å². The van der Waals surface area contributed by atoms with Gasteiger partial charge in [0.1, 0.15) is 0 Å². The number of amides is 1. The van der Waals surface area contributed by atoms with E-state index in [1.807, 2.05) is 27.7 Å². The van der Waals surface area contributed by atoms with Crippen LogP contribution in [-0.4, -0.2) is 22.0 Å². The Morgan fingerprint density at radius 1 is 1.42 bits per heavy atom. The first-order valence-corrected chi connectivity index (χ1v) is 5.91. The van der Waals surface area contributed by atoms with Crippen LogP contribution in [0.25, 0.3) is 0 Å². The second kappa shape index (κ2) is 5.26. The average molecular weight is 266 g/mol. The number of carbonyl (C=O) groups is 1. The van der Waals surface area contributed by atoms with Crippen molar-refractivity contribution in [2.24, 2.45) is 5.41 Å². The number of hydrogen-bond donors (Lipinski definition) is 2. The van der Waals surface area contributed by atoms with E-state index in [4.69, 9.17) is 0 Å². The molecular formula is C13H18N2O4. The molecule has 19 heavy (non-hydrogen) atoms. The Labute approximate surface area is 111 Å². The molecule has 0 fully saturated rings. The maximum atomic E-state index is 11.9. The molecule has 0 bridgehead atoms. The Bertz CT molecular complexity index is 506. The smallest absolute Gasteiger partial charge is 0.310 e. The van der Waals surface area contributed by atoms with E-state index in [0.29, 0.717) is 0 Å². The third-order valence-electron chi connectivity index (χ3n) is 3.08. The summed E-state index contributed by atoms with van der Waals surface area (Å²) in [5.74, 6) is -0.881. The van der Waals surface area contributed by atoms with Crippen LogP contribution in [0.4, 0.5) is 5.69 Å². The second-order valence-corrected chi connectivity index (χ2v) is 5.52. The minimum absolute atomic E-state index is 0.0719. The van der Waals surface area contributed by atoms with Gasteiger partial charge in [0.2, 0.25) is 0 Å². The summed E-state index contributed by atoms with van der Waals surface area (Å²) in [6.07, 6.45) is 0. The van der Waals surface area contributed by atoms with E-state index >= 15 is 0 Å². The SMILES string of the molecule is CC(NC(=O)c1ccc([N+](=O)[O-])c(O)c1)C(C)(C)C. The molecule has 0 aliphatic heterocycles. The van der Waals surface area contributed by atoms with E-state index in [2.05, 4.69) is 5.32 Å². The van der Waals surface area contributed by atoms with Crippen molar-refractivity contribution in [2.75, 3.05) is 0 Å². The fourth-order valence-electron chi connectivity index (χ4n) is 1.32. The van der Waals surface area contributed by atoms with Gasteiger partial charge >= 0.3 is 5.69 Å². The number of rotatable bonds is 3. The van der Waals surface area contributed by atoms with Crippen molar-refractivity contribution in [1.29, 1.82) is 0 Å². The van der Waals surface area contributed by atoms with Gasteiger partial charge in [-0.2, -0.15) is 0 Å². The predicted molar refractivity (Wildman–Crippen MR) is 71.1 cm³/mol. The van der Waals surface area contributed by atoms with Crippen molar-refractivity contribution >= 4 is 11.6 Å². The molecule has 104 valence electrons. The maximum Gasteiger partial charge on any atom is 0.310 e. The summed E-state index contributed by atoms with van der Waals surface area (Å²) in [5.41, 5.74) is -0.321. The monoisotopic (exact) mass is 266 g/mol. The molecule has 6 heteroatoms. The summed E-state index contributed by atoms with van der Waals surface area (Å²) in [4.78, 5) is 21.8. The van der Waals surface area contributed by atoms with Gasteiger partial charge in [0.15, 0.2) is 5.75 Å². The molecule has 0 radical (unpaired) electrons. The van der Waals surface area contributed by atoms with E-state index in [0.717, 1.165) is 12.1 Å². The highest BCUT2D eigenvalue weighted by Gasteiger charge is 2.23. The number of benzene rings is 1. The first-order valence-electron chi connectivity index (χ1n) is 5.91. The highest BCUT2D eigenvalue weighted by Crippen LogP contribution is 2.26. The van der Waals surface area contributed by atoms with Gasteiger partial charge in [-0.15, -0.1) is 0 Å². The molecule has 2 N–H and O–H groups in total. The summed E-state index contributed by atoms with van der Waals surface area (Å²) in [5, 5.41) is 22.8. The highest BCUT2D eigenvalue weighted by molar-refractivity contribution is 5.95. The van der Waals surface area contributed by atoms with Gasteiger partial charge in [-0.25, -0.2) is 0 Å². The first kappa shape index (κ1) is 14.9. The largest absolute Gasteiger partial charge is 0.502 e. The Balaban J connectivity index is 2.90. The van der Waals surface area contributed by atoms with Gasteiger partial charge in [-0.3, -0.25) is 14.9 Å². The number of nitro groups is 1. The first-order chi connectivity index (χ1) is 8.62. The van der Waals surface area contributed by atoms with Crippen LogP contribution >= 0.6 is 0 Å². The van der Waals surface area contributed by atoms with Crippen LogP contribution in [0.2, 0.25) is 0 Å². The van der Waals surface area contributed by atoms with Crippen LogP contribution in [-0.2, 0) is 0 Å². The standard InChI is InChI=1S/C13H18N2O4/c1-8(13(2,3)4)14-12(17)9-5-6-10(15(18)19)11(16)7-9/h5-8,16H,1-4H3,(H,14,17). The number of phenolic OH excluding ortho intramolecular Hbond substituents is 1. The Kier molecular flexibility index (Phi) is 4.14. The van der Waals surface area contributed by atoms with Gasteiger partial charge in [0.05, 0.1) is 4.92 Å². The van der Waals surface area contributed by atoms with Gasteiger partial charge in [-0.1, -0.05) is 20.8 Å². The molecule has 0 spiro atoms. The zero-order valence-electron chi connectivity index (χ0n) is 11.4. The fourth-order valence-corrected chi connectivity index (χ4v) is 1.32. The lowest BCUT2D eigenvalue weighted by atomic mass is 9.88.